The number of fused-ring (bicyclic) bond motifs is 1. The van der Waals surface area contributed by atoms with Gasteiger partial charge in [0, 0.05) is 5.92 Å². The molecule has 0 unspecified atom stereocenters. The molecule has 2 atom stereocenters. The molecule has 0 radical (unpaired) electrons. The molecule has 1 fully saturated rings. The van der Waals surface area contributed by atoms with Gasteiger partial charge in [0.1, 0.15) is 17.6 Å². The Morgan fingerprint density at radius 1 is 0.926 bits per heavy atom. The van der Waals surface area contributed by atoms with E-state index in [2.05, 4.69) is 41.4 Å². The van der Waals surface area contributed by atoms with Crippen molar-refractivity contribution < 1.29 is 8.83 Å². The highest BCUT2D eigenvalue weighted by Crippen LogP contribution is 2.45. The first kappa shape index (κ1) is 16.2. The number of benzene rings is 1. The van der Waals surface area contributed by atoms with Crippen LogP contribution in [0, 0.1) is 5.92 Å². The molecule has 0 N–H and O–H groups in total. The van der Waals surface area contributed by atoms with Crippen molar-refractivity contribution in [2.75, 3.05) is 5.01 Å². The summed E-state index contributed by atoms with van der Waals surface area (Å²) in [5.74, 6) is 2.18. The van der Waals surface area contributed by atoms with Crippen LogP contribution in [0.4, 0.5) is 5.69 Å². The van der Waals surface area contributed by atoms with Crippen molar-refractivity contribution in [3.63, 3.8) is 0 Å². The predicted octanol–water partition coefficient (Wildman–Crippen LogP) is 6.06. The van der Waals surface area contributed by atoms with Crippen LogP contribution in [0.3, 0.4) is 0 Å². The van der Waals surface area contributed by atoms with Gasteiger partial charge < -0.3 is 8.83 Å². The number of anilines is 1. The normalized spacial score (nSPS) is 23.9. The SMILES string of the molecule is C(=C1/CCCC[C@@H]2C1=NN(c1ccccc1)[C@@H]2c1ccco1)/c1ccco1. The highest BCUT2D eigenvalue weighted by Gasteiger charge is 2.42. The predicted molar refractivity (Wildman–Crippen MR) is 106 cm³/mol. The van der Waals surface area contributed by atoms with Crippen molar-refractivity contribution in [3.05, 3.63) is 84.2 Å². The Labute approximate surface area is 158 Å². The first-order chi connectivity index (χ1) is 13.4. The molecule has 136 valence electrons. The Balaban J connectivity index is 1.61. The van der Waals surface area contributed by atoms with Gasteiger partial charge in [0.15, 0.2) is 0 Å². The lowest BCUT2D eigenvalue weighted by atomic mass is 9.87. The molecule has 0 spiro atoms. The van der Waals surface area contributed by atoms with E-state index in [9.17, 15) is 0 Å². The van der Waals surface area contributed by atoms with Gasteiger partial charge in [0.25, 0.3) is 0 Å². The van der Waals surface area contributed by atoms with Crippen LogP contribution in [0.25, 0.3) is 6.08 Å². The molecule has 0 bridgehead atoms. The van der Waals surface area contributed by atoms with Gasteiger partial charge in [-0.25, -0.2) is 0 Å². The van der Waals surface area contributed by atoms with Gasteiger partial charge in [-0.15, -0.1) is 0 Å². The minimum absolute atomic E-state index is 0.0931. The molecular weight excluding hydrogens is 336 g/mol. The first-order valence-corrected chi connectivity index (χ1v) is 9.61. The number of allylic oxidation sites excluding steroid dienone is 1. The highest BCUT2D eigenvalue weighted by molar-refractivity contribution is 6.07. The van der Waals surface area contributed by atoms with Gasteiger partial charge in [0.05, 0.1) is 23.9 Å². The summed E-state index contributed by atoms with van der Waals surface area (Å²) < 4.78 is 11.4. The Morgan fingerprint density at radius 2 is 1.78 bits per heavy atom. The Morgan fingerprint density at radius 3 is 2.56 bits per heavy atom. The van der Waals surface area contributed by atoms with Gasteiger partial charge in [-0.2, -0.15) is 5.10 Å². The standard InChI is InChI=1S/C23H22N2O2/c1-2-9-18(10-3-1)25-23(21-13-7-15-27-21)20-12-5-4-8-17(22(20)24-25)16-19-11-6-14-26-19/h1-3,6-7,9-11,13-16,20,23H,4-5,8,12H2/b17-16+/t20-,23+/m1/s1. The van der Waals surface area contributed by atoms with E-state index in [4.69, 9.17) is 13.9 Å². The summed E-state index contributed by atoms with van der Waals surface area (Å²) in [7, 11) is 0. The van der Waals surface area contributed by atoms with E-state index in [1.165, 1.54) is 24.1 Å². The fourth-order valence-corrected chi connectivity index (χ4v) is 4.25. The molecule has 2 aromatic heterocycles. The maximum absolute atomic E-state index is 5.85. The molecule has 3 aromatic rings. The van der Waals surface area contributed by atoms with E-state index in [1.807, 2.05) is 24.3 Å². The molecule has 5 rings (SSSR count). The number of furan rings is 2. The molecule has 1 aliphatic heterocycles. The molecule has 4 heteroatoms. The van der Waals surface area contributed by atoms with Crippen LogP contribution >= 0.6 is 0 Å². The smallest absolute Gasteiger partial charge is 0.129 e. The topological polar surface area (TPSA) is 41.9 Å². The molecule has 3 heterocycles. The quantitative estimate of drug-likeness (QED) is 0.571. The maximum atomic E-state index is 5.85. The fraction of sp³-hybridized carbons (Fsp3) is 0.261. The Bertz CT molecular complexity index is 940. The monoisotopic (exact) mass is 358 g/mol. The Kier molecular flexibility index (Phi) is 4.17. The average molecular weight is 358 g/mol. The summed E-state index contributed by atoms with van der Waals surface area (Å²) in [6.45, 7) is 0. The van der Waals surface area contributed by atoms with Crippen LogP contribution in [0.2, 0.25) is 0 Å². The van der Waals surface area contributed by atoms with Crippen molar-refractivity contribution in [1.29, 1.82) is 0 Å². The van der Waals surface area contributed by atoms with Crippen molar-refractivity contribution in [3.8, 4) is 0 Å². The van der Waals surface area contributed by atoms with Crippen LogP contribution < -0.4 is 5.01 Å². The van der Waals surface area contributed by atoms with Gasteiger partial charge in [-0.1, -0.05) is 24.6 Å². The molecule has 1 aliphatic carbocycles. The third kappa shape index (κ3) is 3.01. The number of para-hydroxylation sites is 1. The Hall–Kier alpha value is -3.01. The molecule has 1 saturated carbocycles. The number of hydrogen-bond acceptors (Lipinski definition) is 4. The van der Waals surface area contributed by atoms with E-state index < -0.39 is 0 Å². The van der Waals surface area contributed by atoms with E-state index in [-0.39, 0.29) is 6.04 Å². The first-order valence-electron chi connectivity index (χ1n) is 9.61. The zero-order valence-electron chi connectivity index (χ0n) is 15.1. The molecule has 2 aliphatic rings. The minimum Gasteiger partial charge on any atom is -0.467 e. The summed E-state index contributed by atoms with van der Waals surface area (Å²) in [4.78, 5) is 0. The molecule has 1 aromatic carbocycles. The van der Waals surface area contributed by atoms with Crippen molar-refractivity contribution >= 4 is 17.5 Å². The summed E-state index contributed by atoms with van der Waals surface area (Å²) in [5.41, 5.74) is 3.55. The number of rotatable bonds is 3. The van der Waals surface area contributed by atoms with Gasteiger partial charge in [-0.05, 0) is 67.3 Å². The van der Waals surface area contributed by atoms with Crippen molar-refractivity contribution in [1.82, 2.24) is 0 Å². The molecule has 0 amide bonds. The average Bonchev–Trinajstić information content (AvgIpc) is 3.43. The third-order valence-corrected chi connectivity index (χ3v) is 5.47. The van der Waals surface area contributed by atoms with E-state index in [0.29, 0.717) is 5.92 Å². The van der Waals surface area contributed by atoms with E-state index in [1.54, 1.807) is 12.5 Å². The van der Waals surface area contributed by atoms with Crippen LogP contribution in [-0.4, -0.2) is 5.71 Å². The summed E-state index contributed by atoms with van der Waals surface area (Å²) in [6.07, 6.45) is 10.2. The van der Waals surface area contributed by atoms with E-state index in [0.717, 1.165) is 30.0 Å². The summed E-state index contributed by atoms with van der Waals surface area (Å²) in [5, 5.41) is 7.26. The van der Waals surface area contributed by atoms with Crippen LogP contribution in [0.1, 0.15) is 43.2 Å². The van der Waals surface area contributed by atoms with Crippen LogP contribution in [-0.2, 0) is 0 Å². The zero-order valence-corrected chi connectivity index (χ0v) is 15.1. The molecule has 4 nitrogen and oxygen atoms in total. The molecular formula is C23H22N2O2. The second kappa shape index (κ2) is 6.95. The summed E-state index contributed by atoms with van der Waals surface area (Å²) in [6, 6.07) is 18.4. The maximum Gasteiger partial charge on any atom is 0.129 e. The molecule has 27 heavy (non-hydrogen) atoms. The second-order valence-corrected chi connectivity index (χ2v) is 7.16. The minimum atomic E-state index is 0.0931. The lowest BCUT2D eigenvalue weighted by Crippen LogP contribution is -2.25. The number of hydrogen-bond donors (Lipinski definition) is 0. The highest BCUT2D eigenvalue weighted by atomic mass is 16.3. The largest absolute Gasteiger partial charge is 0.467 e. The number of nitrogens with zero attached hydrogens (tertiary/aromatic N) is 2. The fourth-order valence-electron chi connectivity index (χ4n) is 4.25. The van der Waals surface area contributed by atoms with Gasteiger partial charge in [0.2, 0.25) is 0 Å². The van der Waals surface area contributed by atoms with Gasteiger partial charge in [-0.3, -0.25) is 5.01 Å². The lowest BCUT2D eigenvalue weighted by molar-refractivity contribution is 0.404. The lowest BCUT2D eigenvalue weighted by Gasteiger charge is -2.26. The van der Waals surface area contributed by atoms with Crippen LogP contribution in [0.5, 0.6) is 0 Å². The summed E-state index contributed by atoms with van der Waals surface area (Å²) >= 11 is 0. The number of hydrazone groups is 1. The van der Waals surface area contributed by atoms with Crippen LogP contribution in [0.15, 0.2) is 86.6 Å². The second-order valence-electron chi connectivity index (χ2n) is 7.16. The third-order valence-electron chi connectivity index (χ3n) is 5.47. The van der Waals surface area contributed by atoms with Gasteiger partial charge >= 0.3 is 0 Å². The van der Waals surface area contributed by atoms with Crippen molar-refractivity contribution in [2.24, 2.45) is 11.0 Å². The van der Waals surface area contributed by atoms with E-state index >= 15 is 0 Å². The molecule has 0 saturated heterocycles. The zero-order chi connectivity index (χ0) is 18.1. The van der Waals surface area contributed by atoms with Crippen molar-refractivity contribution in [2.45, 2.75) is 31.7 Å².